The topological polar surface area (TPSA) is 81.1 Å². The quantitative estimate of drug-likeness (QED) is 0.820. The third-order valence-corrected chi connectivity index (χ3v) is 2.38. The smallest absolute Gasteiger partial charge is 0.435 e. The Balaban J connectivity index is 2.53. The lowest BCUT2D eigenvalue weighted by atomic mass is 10.1. The molecule has 0 aliphatic carbocycles. The summed E-state index contributed by atoms with van der Waals surface area (Å²) in [6.07, 6.45) is -3.54. The highest BCUT2D eigenvalue weighted by Gasteiger charge is 2.33. The van der Waals surface area contributed by atoms with Crippen molar-refractivity contribution < 1.29 is 23.1 Å². The van der Waals surface area contributed by atoms with Gasteiger partial charge in [-0.2, -0.15) is 18.3 Å². The van der Waals surface area contributed by atoms with Crippen LogP contribution in [-0.4, -0.2) is 20.9 Å². The average molecular weight is 271 g/mol. The molecule has 0 radical (unpaired) electrons. The molecule has 0 saturated carbocycles. The van der Waals surface area contributed by atoms with Gasteiger partial charge in [0.2, 0.25) is 0 Å². The van der Waals surface area contributed by atoms with Gasteiger partial charge in [-0.1, -0.05) is 0 Å². The van der Waals surface area contributed by atoms with Gasteiger partial charge in [-0.25, -0.2) is 9.48 Å². The number of carbonyl (C=O) groups is 1. The van der Waals surface area contributed by atoms with Crippen molar-refractivity contribution in [3.8, 4) is 5.69 Å². The molecular formula is C11H8F3N3O2. The van der Waals surface area contributed by atoms with Crippen LogP contribution in [0.25, 0.3) is 5.69 Å². The molecule has 0 fully saturated rings. The van der Waals surface area contributed by atoms with Gasteiger partial charge in [0, 0.05) is 11.9 Å². The maximum Gasteiger partial charge on any atom is 0.435 e. The number of nitrogen functional groups attached to an aromatic ring is 1. The summed E-state index contributed by atoms with van der Waals surface area (Å²) >= 11 is 0. The Morgan fingerprint density at radius 2 is 2.00 bits per heavy atom. The van der Waals surface area contributed by atoms with Gasteiger partial charge in [0.25, 0.3) is 0 Å². The molecule has 5 nitrogen and oxygen atoms in total. The average Bonchev–Trinajstić information content (AvgIpc) is 2.77. The van der Waals surface area contributed by atoms with Crippen LogP contribution in [-0.2, 0) is 6.18 Å². The molecule has 0 aliphatic heterocycles. The highest BCUT2D eigenvalue weighted by Crippen LogP contribution is 2.28. The number of hydrogen-bond acceptors (Lipinski definition) is 3. The standard InChI is InChI=1S/C11H8F3N3O2/c12-11(13,14)9-3-4-17(16-9)8-2-1-6(15)5-7(8)10(18)19/h1-5H,15H2,(H,18,19). The molecule has 2 aromatic rings. The summed E-state index contributed by atoms with van der Waals surface area (Å²) in [5.74, 6) is -1.30. The summed E-state index contributed by atoms with van der Waals surface area (Å²) in [6.45, 7) is 0. The molecule has 2 rings (SSSR count). The minimum Gasteiger partial charge on any atom is -0.478 e. The number of anilines is 1. The molecule has 0 saturated heterocycles. The lowest BCUT2D eigenvalue weighted by Gasteiger charge is -2.07. The Labute approximate surface area is 105 Å². The Bertz CT molecular complexity index is 634. The monoisotopic (exact) mass is 271 g/mol. The minimum absolute atomic E-state index is 0.0113. The summed E-state index contributed by atoms with van der Waals surface area (Å²) in [4.78, 5) is 11.0. The maximum atomic E-state index is 12.4. The first-order chi connectivity index (χ1) is 8.79. The van der Waals surface area contributed by atoms with E-state index in [-0.39, 0.29) is 16.9 Å². The van der Waals surface area contributed by atoms with Gasteiger partial charge in [0.1, 0.15) is 0 Å². The van der Waals surface area contributed by atoms with Crippen molar-refractivity contribution in [3.05, 3.63) is 41.7 Å². The highest BCUT2D eigenvalue weighted by molar-refractivity contribution is 5.93. The third kappa shape index (κ3) is 2.51. The van der Waals surface area contributed by atoms with E-state index in [4.69, 9.17) is 10.8 Å². The molecule has 0 atom stereocenters. The fourth-order valence-corrected chi connectivity index (χ4v) is 1.53. The molecule has 1 aromatic heterocycles. The zero-order chi connectivity index (χ0) is 14.2. The number of carboxylic acids is 1. The molecule has 1 heterocycles. The number of rotatable bonds is 2. The number of aromatic carboxylic acids is 1. The molecule has 3 N–H and O–H groups in total. The van der Waals surface area contributed by atoms with Crippen molar-refractivity contribution in [2.45, 2.75) is 6.18 Å². The van der Waals surface area contributed by atoms with Gasteiger partial charge in [-0.3, -0.25) is 0 Å². The summed E-state index contributed by atoms with van der Waals surface area (Å²) in [5.41, 5.74) is 4.33. The van der Waals surface area contributed by atoms with Crippen molar-refractivity contribution in [1.29, 1.82) is 0 Å². The highest BCUT2D eigenvalue weighted by atomic mass is 19.4. The second-order valence-electron chi connectivity index (χ2n) is 3.73. The molecule has 0 amide bonds. The number of halogens is 3. The van der Waals surface area contributed by atoms with Crippen LogP contribution in [0.15, 0.2) is 30.5 Å². The van der Waals surface area contributed by atoms with Gasteiger partial charge >= 0.3 is 12.1 Å². The second kappa shape index (κ2) is 4.30. The number of nitrogens with zero attached hydrogens (tertiary/aromatic N) is 2. The zero-order valence-electron chi connectivity index (χ0n) is 9.35. The van der Waals surface area contributed by atoms with Gasteiger partial charge < -0.3 is 10.8 Å². The Morgan fingerprint density at radius 3 is 2.53 bits per heavy atom. The Morgan fingerprint density at radius 1 is 1.32 bits per heavy atom. The minimum atomic E-state index is -4.58. The fraction of sp³-hybridized carbons (Fsp3) is 0.0909. The van der Waals surface area contributed by atoms with Crippen LogP contribution >= 0.6 is 0 Å². The third-order valence-electron chi connectivity index (χ3n) is 2.38. The summed E-state index contributed by atoms with van der Waals surface area (Å²) in [5, 5.41) is 12.3. The van der Waals surface area contributed by atoms with Crippen molar-refractivity contribution in [3.63, 3.8) is 0 Å². The van der Waals surface area contributed by atoms with Crippen molar-refractivity contribution in [2.75, 3.05) is 5.73 Å². The number of hydrogen-bond donors (Lipinski definition) is 2. The Kier molecular flexibility index (Phi) is 2.93. The number of aromatic nitrogens is 2. The van der Waals surface area contributed by atoms with Crippen LogP contribution in [0.2, 0.25) is 0 Å². The largest absolute Gasteiger partial charge is 0.478 e. The van der Waals surface area contributed by atoms with E-state index >= 15 is 0 Å². The second-order valence-corrected chi connectivity index (χ2v) is 3.73. The van der Waals surface area contributed by atoms with E-state index < -0.39 is 17.8 Å². The summed E-state index contributed by atoms with van der Waals surface area (Å²) < 4.78 is 38.1. The van der Waals surface area contributed by atoms with E-state index in [2.05, 4.69) is 5.10 Å². The van der Waals surface area contributed by atoms with E-state index in [0.717, 1.165) is 23.0 Å². The zero-order valence-corrected chi connectivity index (χ0v) is 9.35. The SMILES string of the molecule is Nc1ccc(-n2ccc(C(F)(F)F)n2)c(C(=O)O)c1. The molecule has 0 bridgehead atoms. The molecule has 0 spiro atoms. The number of nitrogens with two attached hydrogens (primary N) is 1. The predicted molar refractivity (Wildman–Crippen MR) is 59.9 cm³/mol. The number of alkyl halides is 3. The van der Waals surface area contributed by atoms with E-state index in [1.165, 1.54) is 12.1 Å². The van der Waals surface area contributed by atoms with E-state index in [1.807, 2.05) is 0 Å². The van der Waals surface area contributed by atoms with Gasteiger partial charge in [0.05, 0.1) is 11.3 Å². The maximum absolute atomic E-state index is 12.4. The van der Waals surface area contributed by atoms with Crippen LogP contribution < -0.4 is 5.73 Å². The summed E-state index contributed by atoms with van der Waals surface area (Å²) in [7, 11) is 0. The molecule has 8 heteroatoms. The van der Waals surface area contributed by atoms with Crippen molar-refractivity contribution in [2.24, 2.45) is 0 Å². The molecule has 19 heavy (non-hydrogen) atoms. The van der Waals surface area contributed by atoms with E-state index in [0.29, 0.717) is 0 Å². The van der Waals surface area contributed by atoms with Crippen LogP contribution in [0.1, 0.15) is 16.1 Å². The van der Waals surface area contributed by atoms with E-state index in [9.17, 15) is 18.0 Å². The molecule has 1 aromatic carbocycles. The van der Waals surface area contributed by atoms with Gasteiger partial charge in [0.15, 0.2) is 5.69 Å². The predicted octanol–water partition coefficient (Wildman–Crippen LogP) is 2.17. The fourth-order valence-electron chi connectivity index (χ4n) is 1.53. The van der Waals surface area contributed by atoms with Crippen LogP contribution in [0, 0.1) is 0 Å². The first-order valence-corrected chi connectivity index (χ1v) is 5.05. The molecule has 100 valence electrons. The first kappa shape index (κ1) is 12.9. The molecule has 0 unspecified atom stereocenters. The number of benzene rings is 1. The lowest BCUT2D eigenvalue weighted by Crippen LogP contribution is -2.10. The molecular weight excluding hydrogens is 263 g/mol. The summed E-state index contributed by atoms with van der Waals surface area (Å²) in [6, 6.07) is 4.61. The van der Waals surface area contributed by atoms with Crippen molar-refractivity contribution >= 4 is 11.7 Å². The van der Waals surface area contributed by atoms with E-state index in [1.54, 1.807) is 0 Å². The Hall–Kier alpha value is -2.51. The first-order valence-electron chi connectivity index (χ1n) is 5.05. The van der Waals surface area contributed by atoms with Gasteiger partial charge in [-0.05, 0) is 24.3 Å². The van der Waals surface area contributed by atoms with Crippen molar-refractivity contribution in [1.82, 2.24) is 9.78 Å². The number of carboxylic acid groups (broad SMARTS) is 1. The normalized spacial score (nSPS) is 11.5. The van der Waals surface area contributed by atoms with Crippen LogP contribution in [0.5, 0.6) is 0 Å². The van der Waals surface area contributed by atoms with Crippen LogP contribution in [0.4, 0.5) is 18.9 Å². The van der Waals surface area contributed by atoms with Gasteiger partial charge in [-0.15, -0.1) is 0 Å². The lowest BCUT2D eigenvalue weighted by molar-refractivity contribution is -0.141. The van der Waals surface area contributed by atoms with Crippen LogP contribution in [0.3, 0.4) is 0 Å². The molecule has 0 aliphatic rings.